The third-order valence-corrected chi connectivity index (χ3v) is 4.01. The zero-order valence-electron chi connectivity index (χ0n) is 13.0. The van der Waals surface area contributed by atoms with Crippen LogP contribution >= 0.6 is 23.8 Å². The third kappa shape index (κ3) is 5.02. The quantitative estimate of drug-likeness (QED) is 0.704. The average molecular weight is 364 g/mol. The van der Waals surface area contributed by atoms with Crippen molar-refractivity contribution in [3.05, 3.63) is 41.6 Å². The summed E-state index contributed by atoms with van der Waals surface area (Å²) in [5.41, 5.74) is 1.81. The first-order chi connectivity index (χ1) is 11.7. The van der Waals surface area contributed by atoms with E-state index in [4.69, 9.17) is 28.6 Å². The van der Waals surface area contributed by atoms with Crippen LogP contribution in [0.25, 0.3) is 0 Å². The normalized spacial score (nSPS) is 16.6. The Balaban J connectivity index is 1.48. The van der Waals surface area contributed by atoms with E-state index in [1.54, 1.807) is 12.1 Å². The summed E-state index contributed by atoms with van der Waals surface area (Å²) < 4.78 is 5.56. The van der Waals surface area contributed by atoms with E-state index in [1.807, 2.05) is 24.3 Å². The van der Waals surface area contributed by atoms with E-state index in [1.165, 1.54) is 0 Å². The second-order valence-corrected chi connectivity index (χ2v) is 6.21. The molecule has 24 heavy (non-hydrogen) atoms. The summed E-state index contributed by atoms with van der Waals surface area (Å²) in [4.78, 5) is 0. The lowest BCUT2D eigenvalue weighted by Crippen LogP contribution is -2.34. The lowest BCUT2D eigenvalue weighted by atomic mass is 10.2. The van der Waals surface area contributed by atoms with Gasteiger partial charge in [0.15, 0.2) is 16.1 Å². The first kappa shape index (κ1) is 16.9. The lowest BCUT2D eigenvalue weighted by molar-refractivity contribution is 0.114. The summed E-state index contributed by atoms with van der Waals surface area (Å²) in [7, 11) is 0. The van der Waals surface area contributed by atoms with Gasteiger partial charge in [-0.1, -0.05) is 11.6 Å². The molecule has 0 spiro atoms. The number of ether oxygens (including phenoxy) is 1. The Hall–Kier alpha value is -1.96. The van der Waals surface area contributed by atoms with Crippen molar-refractivity contribution < 1.29 is 4.74 Å². The van der Waals surface area contributed by atoms with Crippen molar-refractivity contribution >= 4 is 46.1 Å². The van der Waals surface area contributed by atoms with Gasteiger partial charge in [-0.05, 0) is 61.5 Å². The number of hydrogen-bond acceptors (Lipinski definition) is 5. The predicted octanol–water partition coefficient (Wildman–Crippen LogP) is 3.34. The molecule has 8 heteroatoms. The number of aromatic nitrogens is 2. The van der Waals surface area contributed by atoms with E-state index < -0.39 is 0 Å². The molecule has 0 aliphatic carbocycles. The van der Waals surface area contributed by atoms with E-state index in [0.717, 1.165) is 37.4 Å². The zero-order valence-corrected chi connectivity index (χ0v) is 14.5. The Labute approximate surface area is 151 Å². The van der Waals surface area contributed by atoms with Gasteiger partial charge < -0.3 is 20.7 Å². The highest BCUT2D eigenvalue weighted by molar-refractivity contribution is 7.80. The smallest absolute Gasteiger partial charge is 0.170 e. The van der Waals surface area contributed by atoms with Gasteiger partial charge in [-0.25, -0.2) is 0 Å². The van der Waals surface area contributed by atoms with Crippen LogP contribution in [0.4, 0.5) is 17.2 Å². The predicted molar refractivity (Wildman–Crippen MR) is 100.0 cm³/mol. The van der Waals surface area contributed by atoms with Crippen molar-refractivity contribution in [2.24, 2.45) is 0 Å². The maximum Gasteiger partial charge on any atom is 0.170 e. The topological polar surface area (TPSA) is 71.1 Å². The minimum atomic E-state index is 0.261. The van der Waals surface area contributed by atoms with E-state index in [-0.39, 0.29) is 6.10 Å². The van der Waals surface area contributed by atoms with Crippen molar-refractivity contribution in [2.75, 3.05) is 23.8 Å². The molecule has 1 aromatic carbocycles. The molecule has 1 saturated heterocycles. The Morgan fingerprint density at radius 3 is 2.62 bits per heavy atom. The standard InChI is InChI=1S/C16H18ClN5OS/c17-14-7-8-15(22-21-14)19-11-3-5-12(6-4-11)20-16(24)18-10-13-2-1-9-23-13/h3-8,13H,1-2,9-10H2,(H,19,22)(H2,18,20,24). The largest absolute Gasteiger partial charge is 0.376 e. The van der Waals surface area contributed by atoms with Gasteiger partial charge in [0.1, 0.15) is 0 Å². The van der Waals surface area contributed by atoms with Crippen LogP contribution < -0.4 is 16.0 Å². The van der Waals surface area contributed by atoms with E-state index in [2.05, 4.69) is 26.1 Å². The fraction of sp³-hybridized carbons (Fsp3) is 0.312. The highest BCUT2D eigenvalue weighted by atomic mass is 35.5. The molecule has 3 rings (SSSR count). The van der Waals surface area contributed by atoms with Gasteiger partial charge in [-0.3, -0.25) is 0 Å². The summed E-state index contributed by atoms with van der Waals surface area (Å²) in [6.07, 6.45) is 2.47. The Kier molecular flexibility index (Phi) is 5.79. The lowest BCUT2D eigenvalue weighted by Gasteiger charge is -2.14. The SMILES string of the molecule is S=C(NCC1CCCO1)Nc1ccc(Nc2ccc(Cl)nn2)cc1. The van der Waals surface area contributed by atoms with Crippen LogP contribution in [0.15, 0.2) is 36.4 Å². The number of halogens is 1. The number of anilines is 3. The van der Waals surface area contributed by atoms with Crippen LogP contribution in [0.5, 0.6) is 0 Å². The van der Waals surface area contributed by atoms with Crippen LogP contribution in [0.3, 0.4) is 0 Å². The molecule has 1 fully saturated rings. The van der Waals surface area contributed by atoms with Gasteiger partial charge in [0.25, 0.3) is 0 Å². The number of nitrogens with zero attached hydrogens (tertiary/aromatic N) is 2. The zero-order chi connectivity index (χ0) is 16.8. The van der Waals surface area contributed by atoms with Gasteiger partial charge in [-0.15, -0.1) is 10.2 Å². The van der Waals surface area contributed by atoms with Crippen molar-refractivity contribution in [1.82, 2.24) is 15.5 Å². The summed E-state index contributed by atoms with van der Waals surface area (Å²) in [6.45, 7) is 1.58. The molecule has 1 aromatic heterocycles. The van der Waals surface area contributed by atoms with E-state index in [9.17, 15) is 0 Å². The molecular weight excluding hydrogens is 346 g/mol. The van der Waals surface area contributed by atoms with Crippen LogP contribution in [0.1, 0.15) is 12.8 Å². The number of thiocarbonyl (C=S) groups is 1. The molecule has 0 bridgehead atoms. The molecule has 0 amide bonds. The highest BCUT2D eigenvalue weighted by Crippen LogP contribution is 2.18. The minimum absolute atomic E-state index is 0.261. The van der Waals surface area contributed by atoms with Crippen molar-refractivity contribution in [3.63, 3.8) is 0 Å². The molecule has 6 nitrogen and oxygen atoms in total. The number of rotatable bonds is 5. The summed E-state index contributed by atoms with van der Waals surface area (Å²) >= 11 is 11.0. The summed E-state index contributed by atoms with van der Waals surface area (Å²) in [5, 5.41) is 18.2. The second-order valence-electron chi connectivity index (χ2n) is 5.41. The van der Waals surface area contributed by atoms with Gasteiger partial charge in [0.2, 0.25) is 0 Å². The number of hydrogen-bond donors (Lipinski definition) is 3. The van der Waals surface area contributed by atoms with Gasteiger partial charge in [-0.2, -0.15) is 0 Å². The highest BCUT2D eigenvalue weighted by Gasteiger charge is 2.15. The average Bonchev–Trinajstić information content (AvgIpc) is 3.10. The van der Waals surface area contributed by atoms with Crippen LogP contribution in [-0.4, -0.2) is 34.6 Å². The maximum absolute atomic E-state index is 5.72. The molecule has 0 radical (unpaired) electrons. The molecule has 126 valence electrons. The Bertz CT molecular complexity index is 674. The van der Waals surface area contributed by atoms with Crippen molar-refractivity contribution in [2.45, 2.75) is 18.9 Å². The van der Waals surface area contributed by atoms with Crippen molar-refractivity contribution in [3.8, 4) is 0 Å². The molecule has 1 atom stereocenters. The first-order valence-corrected chi connectivity index (χ1v) is 8.50. The number of nitrogens with one attached hydrogen (secondary N) is 3. The monoisotopic (exact) mass is 363 g/mol. The first-order valence-electron chi connectivity index (χ1n) is 7.72. The van der Waals surface area contributed by atoms with Crippen LogP contribution in [0.2, 0.25) is 5.15 Å². The molecule has 1 unspecified atom stereocenters. The maximum atomic E-state index is 5.72. The molecular formula is C16H18ClN5OS. The molecule has 1 aliphatic rings. The third-order valence-electron chi connectivity index (χ3n) is 3.56. The molecule has 3 N–H and O–H groups in total. The van der Waals surface area contributed by atoms with Gasteiger partial charge in [0, 0.05) is 24.5 Å². The van der Waals surface area contributed by atoms with Crippen molar-refractivity contribution in [1.29, 1.82) is 0 Å². The fourth-order valence-electron chi connectivity index (χ4n) is 2.35. The fourth-order valence-corrected chi connectivity index (χ4v) is 2.66. The molecule has 1 aliphatic heterocycles. The Morgan fingerprint density at radius 2 is 1.96 bits per heavy atom. The van der Waals surface area contributed by atoms with E-state index >= 15 is 0 Å². The molecule has 2 aromatic rings. The van der Waals surface area contributed by atoms with Crippen LogP contribution in [0, 0.1) is 0 Å². The number of benzene rings is 1. The van der Waals surface area contributed by atoms with Gasteiger partial charge >= 0.3 is 0 Å². The van der Waals surface area contributed by atoms with Crippen LogP contribution in [-0.2, 0) is 4.74 Å². The summed E-state index contributed by atoms with van der Waals surface area (Å²) in [6, 6.07) is 11.2. The van der Waals surface area contributed by atoms with E-state index in [0.29, 0.717) is 16.1 Å². The molecule has 0 saturated carbocycles. The molecule has 2 heterocycles. The summed E-state index contributed by atoms with van der Waals surface area (Å²) in [5.74, 6) is 0.633. The van der Waals surface area contributed by atoms with Gasteiger partial charge in [0.05, 0.1) is 6.10 Å². The minimum Gasteiger partial charge on any atom is -0.376 e. The Morgan fingerprint density at radius 1 is 1.17 bits per heavy atom. The second kappa shape index (κ2) is 8.23.